The van der Waals surface area contributed by atoms with Crippen molar-refractivity contribution in [2.24, 2.45) is 0 Å². The van der Waals surface area contributed by atoms with E-state index < -0.39 is 0 Å². The molecule has 1 atom stereocenters. The van der Waals surface area contributed by atoms with Gasteiger partial charge in [0.15, 0.2) is 0 Å². The Labute approximate surface area is 124 Å². The summed E-state index contributed by atoms with van der Waals surface area (Å²) in [5.41, 5.74) is 1.14. The van der Waals surface area contributed by atoms with Crippen LogP contribution in [0.25, 0.3) is 0 Å². The molecule has 0 radical (unpaired) electrons. The lowest BCUT2D eigenvalue weighted by Crippen LogP contribution is -2.22. The number of hydrogen-bond acceptors (Lipinski definition) is 3. The standard InChI is InChI=1S/C16H20ClNO2/c1-3-10-18-16(12-4-6-13(17)7-5-12)15-9-8-14(20-15)11-19-2/h4-9,16,18H,3,10-11H2,1-2H3. The average molecular weight is 294 g/mol. The van der Waals surface area contributed by atoms with Gasteiger partial charge in [0.1, 0.15) is 18.1 Å². The van der Waals surface area contributed by atoms with Crippen molar-refractivity contribution in [1.82, 2.24) is 5.32 Å². The Bertz CT molecular complexity index is 522. The summed E-state index contributed by atoms with van der Waals surface area (Å²) in [4.78, 5) is 0. The van der Waals surface area contributed by atoms with Crippen molar-refractivity contribution in [3.05, 3.63) is 58.5 Å². The largest absolute Gasteiger partial charge is 0.462 e. The number of halogens is 1. The normalized spacial score (nSPS) is 12.6. The molecule has 0 amide bonds. The topological polar surface area (TPSA) is 34.4 Å². The van der Waals surface area contributed by atoms with Crippen molar-refractivity contribution >= 4 is 11.6 Å². The monoisotopic (exact) mass is 293 g/mol. The van der Waals surface area contributed by atoms with Gasteiger partial charge >= 0.3 is 0 Å². The molecule has 0 aliphatic carbocycles. The maximum atomic E-state index is 5.95. The van der Waals surface area contributed by atoms with E-state index in [4.69, 9.17) is 20.8 Å². The van der Waals surface area contributed by atoms with Gasteiger partial charge in [-0.15, -0.1) is 0 Å². The summed E-state index contributed by atoms with van der Waals surface area (Å²) in [6, 6.07) is 11.8. The molecular weight excluding hydrogens is 274 g/mol. The first-order valence-corrected chi connectivity index (χ1v) is 7.18. The third-order valence-electron chi connectivity index (χ3n) is 3.06. The lowest BCUT2D eigenvalue weighted by Gasteiger charge is -2.17. The number of nitrogens with one attached hydrogen (secondary N) is 1. The fourth-order valence-corrected chi connectivity index (χ4v) is 2.22. The van der Waals surface area contributed by atoms with E-state index in [1.54, 1.807) is 7.11 Å². The molecular formula is C16H20ClNO2. The highest BCUT2D eigenvalue weighted by Crippen LogP contribution is 2.25. The molecule has 3 nitrogen and oxygen atoms in total. The summed E-state index contributed by atoms with van der Waals surface area (Å²) in [5, 5.41) is 4.24. The van der Waals surface area contributed by atoms with Gasteiger partial charge in [0.05, 0.1) is 6.04 Å². The molecule has 0 fully saturated rings. The molecule has 0 saturated carbocycles. The predicted molar refractivity (Wildman–Crippen MR) is 81.0 cm³/mol. The number of hydrogen-bond donors (Lipinski definition) is 1. The highest BCUT2D eigenvalue weighted by Gasteiger charge is 2.17. The van der Waals surface area contributed by atoms with Crippen LogP contribution < -0.4 is 5.32 Å². The van der Waals surface area contributed by atoms with Crippen LogP contribution in [0.15, 0.2) is 40.8 Å². The van der Waals surface area contributed by atoms with Crippen LogP contribution in [-0.2, 0) is 11.3 Å². The summed E-state index contributed by atoms with van der Waals surface area (Å²) in [6.07, 6.45) is 1.07. The van der Waals surface area contributed by atoms with E-state index in [2.05, 4.69) is 12.2 Å². The number of furan rings is 1. The summed E-state index contributed by atoms with van der Waals surface area (Å²) >= 11 is 5.95. The first kappa shape index (κ1) is 15.1. The van der Waals surface area contributed by atoms with Crippen molar-refractivity contribution in [2.45, 2.75) is 26.0 Å². The molecule has 1 aromatic carbocycles. The lowest BCUT2D eigenvalue weighted by atomic mass is 10.0. The van der Waals surface area contributed by atoms with Gasteiger partial charge < -0.3 is 14.5 Å². The molecule has 1 aromatic heterocycles. The molecule has 20 heavy (non-hydrogen) atoms. The Morgan fingerprint density at radius 1 is 1.20 bits per heavy atom. The van der Waals surface area contributed by atoms with Gasteiger partial charge in [0, 0.05) is 12.1 Å². The first-order chi connectivity index (χ1) is 9.74. The molecule has 1 heterocycles. The van der Waals surface area contributed by atoms with E-state index in [0.717, 1.165) is 35.1 Å². The van der Waals surface area contributed by atoms with E-state index in [0.29, 0.717) is 6.61 Å². The molecule has 2 aromatic rings. The van der Waals surface area contributed by atoms with Gasteiger partial charge in [-0.05, 0) is 42.8 Å². The second-order valence-corrected chi connectivity index (χ2v) is 5.11. The summed E-state index contributed by atoms with van der Waals surface area (Å²) < 4.78 is 10.9. The molecule has 2 rings (SSSR count). The van der Waals surface area contributed by atoms with Crippen molar-refractivity contribution in [1.29, 1.82) is 0 Å². The third-order valence-corrected chi connectivity index (χ3v) is 3.31. The zero-order valence-electron chi connectivity index (χ0n) is 11.9. The summed E-state index contributed by atoms with van der Waals surface area (Å²) in [5.74, 6) is 1.73. The highest BCUT2D eigenvalue weighted by molar-refractivity contribution is 6.30. The second-order valence-electron chi connectivity index (χ2n) is 4.68. The highest BCUT2D eigenvalue weighted by atomic mass is 35.5. The van der Waals surface area contributed by atoms with E-state index in [9.17, 15) is 0 Å². The van der Waals surface area contributed by atoms with Gasteiger partial charge in [-0.2, -0.15) is 0 Å². The molecule has 4 heteroatoms. The molecule has 1 N–H and O–H groups in total. The van der Waals surface area contributed by atoms with Crippen LogP contribution in [0.1, 0.15) is 36.5 Å². The van der Waals surface area contributed by atoms with Crippen molar-refractivity contribution in [3.63, 3.8) is 0 Å². The van der Waals surface area contributed by atoms with Gasteiger partial charge in [-0.25, -0.2) is 0 Å². The molecule has 0 aliphatic rings. The molecule has 108 valence electrons. The van der Waals surface area contributed by atoms with Crippen LogP contribution >= 0.6 is 11.6 Å². The van der Waals surface area contributed by atoms with Crippen LogP contribution in [0.2, 0.25) is 5.02 Å². The van der Waals surface area contributed by atoms with Crippen LogP contribution in [-0.4, -0.2) is 13.7 Å². The Hall–Kier alpha value is -1.29. The number of ether oxygens (including phenoxy) is 1. The Balaban J connectivity index is 2.23. The third kappa shape index (κ3) is 3.85. The Kier molecular flexibility index (Phi) is 5.65. The van der Waals surface area contributed by atoms with Gasteiger partial charge in [-0.1, -0.05) is 30.7 Å². The van der Waals surface area contributed by atoms with Crippen molar-refractivity contribution in [3.8, 4) is 0 Å². The SMILES string of the molecule is CCCNC(c1ccc(Cl)cc1)c1ccc(COC)o1. The van der Waals surface area contributed by atoms with Crippen LogP contribution in [0.4, 0.5) is 0 Å². The molecule has 0 aliphatic heterocycles. The van der Waals surface area contributed by atoms with E-state index in [-0.39, 0.29) is 6.04 Å². The van der Waals surface area contributed by atoms with Crippen molar-refractivity contribution in [2.75, 3.05) is 13.7 Å². The number of methoxy groups -OCH3 is 1. The first-order valence-electron chi connectivity index (χ1n) is 6.81. The van der Waals surface area contributed by atoms with Crippen LogP contribution in [0.5, 0.6) is 0 Å². The average Bonchev–Trinajstić information content (AvgIpc) is 2.90. The smallest absolute Gasteiger partial charge is 0.129 e. The Morgan fingerprint density at radius 3 is 2.60 bits per heavy atom. The second kappa shape index (κ2) is 7.48. The van der Waals surface area contributed by atoms with Crippen LogP contribution in [0, 0.1) is 0 Å². The van der Waals surface area contributed by atoms with E-state index in [1.807, 2.05) is 36.4 Å². The lowest BCUT2D eigenvalue weighted by molar-refractivity contribution is 0.162. The zero-order valence-corrected chi connectivity index (χ0v) is 12.6. The minimum atomic E-state index is 0.0397. The molecule has 1 unspecified atom stereocenters. The minimum Gasteiger partial charge on any atom is -0.462 e. The predicted octanol–water partition coefficient (Wildman–Crippen LogP) is 4.17. The fourth-order valence-electron chi connectivity index (χ4n) is 2.10. The summed E-state index contributed by atoms with van der Waals surface area (Å²) in [6.45, 7) is 3.55. The quantitative estimate of drug-likeness (QED) is 0.832. The molecule has 0 saturated heterocycles. The van der Waals surface area contributed by atoms with Gasteiger partial charge in [0.25, 0.3) is 0 Å². The number of rotatable bonds is 7. The zero-order chi connectivity index (χ0) is 14.4. The summed E-state index contributed by atoms with van der Waals surface area (Å²) in [7, 11) is 1.66. The fraction of sp³-hybridized carbons (Fsp3) is 0.375. The minimum absolute atomic E-state index is 0.0397. The maximum Gasteiger partial charge on any atom is 0.129 e. The Morgan fingerprint density at radius 2 is 1.95 bits per heavy atom. The van der Waals surface area contributed by atoms with Gasteiger partial charge in [-0.3, -0.25) is 0 Å². The van der Waals surface area contributed by atoms with E-state index in [1.165, 1.54) is 0 Å². The van der Waals surface area contributed by atoms with Crippen molar-refractivity contribution < 1.29 is 9.15 Å². The number of benzene rings is 1. The van der Waals surface area contributed by atoms with E-state index >= 15 is 0 Å². The molecule has 0 bridgehead atoms. The maximum absolute atomic E-state index is 5.95. The molecule has 0 spiro atoms. The van der Waals surface area contributed by atoms with Gasteiger partial charge in [0.2, 0.25) is 0 Å². The van der Waals surface area contributed by atoms with Crippen LogP contribution in [0.3, 0.4) is 0 Å².